The van der Waals surface area contributed by atoms with Gasteiger partial charge in [0.2, 0.25) is 5.91 Å². The highest BCUT2D eigenvalue weighted by atomic mass is 19.1. The summed E-state index contributed by atoms with van der Waals surface area (Å²) >= 11 is 0. The lowest BCUT2D eigenvalue weighted by Crippen LogP contribution is -2.54. The molecule has 0 aromatic heterocycles. The van der Waals surface area contributed by atoms with Gasteiger partial charge in [0.05, 0.1) is 12.1 Å². The molecule has 1 N–H and O–H groups in total. The number of amides is 1. The van der Waals surface area contributed by atoms with E-state index in [2.05, 4.69) is 15.1 Å². The van der Waals surface area contributed by atoms with Crippen LogP contribution < -0.4 is 5.32 Å². The van der Waals surface area contributed by atoms with Crippen molar-refractivity contribution in [1.29, 1.82) is 0 Å². The van der Waals surface area contributed by atoms with Gasteiger partial charge in [-0.25, -0.2) is 4.39 Å². The van der Waals surface area contributed by atoms with Crippen molar-refractivity contribution in [3.05, 3.63) is 35.6 Å². The lowest BCUT2D eigenvalue weighted by molar-refractivity contribution is -0.126. The zero-order valence-electron chi connectivity index (χ0n) is 14.9. The quantitative estimate of drug-likeness (QED) is 0.848. The second-order valence-corrected chi connectivity index (χ2v) is 6.96. The molecular weight excluding hydrogens is 321 g/mol. The molecule has 2 fully saturated rings. The number of rotatable bonds is 6. The highest BCUT2D eigenvalue weighted by molar-refractivity contribution is 5.81. The molecule has 0 bridgehead atoms. The molecular formula is C19H28FN3O2. The predicted octanol–water partition coefficient (Wildman–Crippen LogP) is 1.63. The van der Waals surface area contributed by atoms with E-state index in [0.29, 0.717) is 11.7 Å². The van der Waals surface area contributed by atoms with Crippen molar-refractivity contribution < 1.29 is 13.9 Å². The number of piperazine rings is 1. The summed E-state index contributed by atoms with van der Waals surface area (Å²) in [4.78, 5) is 17.0. The van der Waals surface area contributed by atoms with E-state index in [1.54, 1.807) is 18.2 Å². The van der Waals surface area contributed by atoms with Gasteiger partial charge in [0.1, 0.15) is 5.82 Å². The number of halogens is 1. The molecule has 1 amide bonds. The molecule has 3 rings (SSSR count). The van der Waals surface area contributed by atoms with E-state index < -0.39 is 0 Å². The highest BCUT2D eigenvalue weighted by Crippen LogP contribution is 2.15. The first kappa shape index (κ1) is 18.3. The van der Waals surface area contributed by atoms with Crippen LogP contribution in [0.1, 0.15) is 25.3 Å². The van der Waals surface area contributed by atoms with Crippen LogP contribution in [-0.4, -0.2) is 67.2 Å². The van der Waals surface area contributed by atoms with Gasteiger partial charge in [-0.15, -0.1) is 0 Å². The Bertz CT molecular complexity index is 570. The summed E-state index contributed by atoms with van der Waals surface area (Å²) in [5.41, 5.74) is 0.518. The van der Waals surface area contributed by atoms with E-state index in [9.17, 15) is 9.18 Å². The molecule has 2 atom stereocenters. The molecule has 2 unspecified atom stereocenters. The summed E-state index contributed by atoms with van der Waals surface area (Å²) < 4.78 is 19.3. The fraction of sp³-hybridized carbons (Fsp3) is 0.632. The smallest absolute Gasteiger partial charge is 0.237 e. The molecule has 0 saturated carbocycles. The Hall–Kier alpha value is -1.50. The average molecular weight is 349 g/mol. The summed E-state index contributed by atoms with van der Waals surface area (Å²) in [6, 6.07) is 6.35. The largest absolute Gasteiger partial charge is 0.377 e. The first-order chi connectivity index (χ1) is 12.1. The van der Waals surface area contributed by atoms with E-state index in [1.807, 2.05) is 6.92 Å². The molecule has 2 heterocycles. The van der Waals surface area contributed by atoms with Gasteiger partial charge >= 0.3 is 0 Å². The van der Waals surface area contributed by atoms with Crippen LogP contribution in [0.5, 0.6) is 0 Å². The number of carbonyl (C=O) groups is 1. The second kappa shape index (κ2) is 8.74. The molecule has 2 saturated heterocycles. The average Bonchev–Trinajstić information content (AvgIpc) is 3.14. The first-order valence-corrected chi connectivity index (χ1v) is 9.22. The second-order valence-electron chi connectivity index (χ2n) is 6.96. The topological polar surface area (TPSA) is 44.8 Å². The Labute approximate surface area is 149 Å². The zero-order chi connectivity index (χ0) is 17.6. The van der Waals surface area contributed by atoms with Crippen LogP contribution in [0, 0.1) is 5.82 Å². The monoisotopic (exact) mass is 349 g/mol. The zero-order valence-corrected chi connectivity index (χ0v) is 14.9. The van der Waals surface area contributed by atoms with Gasteiger partial charge < -0.3 is 10.1 Å². The molecule has 6 heteroatoms. The minimum absolute atomic E-state index is 0.0455. The van der Waals surface area contributed by atoms with Crippen molar-refractivity contribution in [3.63, 3.8) is 0 Å². The minimum Gasteiger partial charge on any atom is -0.377 e. The maximum absolute atomic E-state index is 13.6. The van der Waals surface area contributed by atoms with Crippen molar-refractivity contribution in [2.75, 3.05) is 39.3 Å². The van der Waals surface area contributed by atoms with Gasteiger partial charge in [0.15, 0.2) is 0 Å². The summed E-state index contributed by atoms with van der Waals surface area (Å²) in [7, 11) is 0. The number of hydrogen-bond donors (Lipinski definition) is 1. The summed E-state index contributed by atoms with van der Waals surface area (Å²) in [5.74, 6) is -0.325. The third-order valence-electron chi connectivity index (χ3n) is 5.23. The fourth-order valence-corrected chi connectivity index (χ4v) is 3.55. The first-order valence-electron chi connectivity index (χ1n) is 9.22. The molecule has 2 aliphatic heterocycles. The lowest BCUT2D eigenvalue weighted by atomic mass is 10.1. The third kappa shape index (κ3) is 5.00. The van der Waals surface area contributed by atoms with Gasteiger partial charge in [-0.3, -0.25) is 14.6 Å². The molecule has 0 aliphatic carbocycles. The van der Waals surface area contributed by atoms with Crippen LogP contribution in [-0.2, 0) is 16.1 Å². The number of hydrogen-bond acceptors (Lipinski definition) is 4. The lowest BCUT2D eigenvalue weighted by Gasteiger charge is -2.38. The van der Waals surface area contributed by atoms with Crippen LogP contribution in [0.25, 0.3) is 0 Å². The number of benzene rings is 1. The normalized spacial score (nSPS) is 23.5. The molecule has 1 aromatic carbocycles. The van der Waals surface area contributed by atoms with Crippen LogP contribution in [0.3, 0.4) is 0 Å². The van der Waals surface area contributed by atoms with E-state index in [0.717, 1.165) is 45.8 Å². The predicted molar refractivity (Wildman–Crippen MR) is 94.7 cm³/mol. The van der Waals surface area contributed by atoms with Crippen molar-refractivity contribution in [1.82, 2.24) is 15.1 Å². The van der Waals surface area contributed by atoms with Crippen molar-refractivity contribution >= 4 is 5.91 Å². The molecule has 5 nitrogen and oxygen atoms in total. The van der Waals surface area contributed by atoms with E-state index in [-0.39, 0.29) is 24.3 Å². The number of carbonyl (C=O) groups excluding carboxylic acids is 1. The van der Waals surface area contributed by atoms with Gasteiger partial charge in [-0.05, 0) is 25.8 Å². The Morgan fingerprint density at radius 2 is 2.08 bits per heavy atom. The van der Waals surface area contributed by atoms with Gasteiger partial charge in [0.25, 0.3) is 0 Å². The Kier molecular flexibility index (Phi) is 6.39. The van der Waals surface area contributed by atoms with Crippen LogP contribution in [0.4, 0.5) is 4.39 Å². The number of nitrogens with one attached hydrogen (secondary N) is 1. The number of ether oxygens (including phenoxy) is 1. The Morgan fingerprint density at radius 3 is 2.76 bits per heavy atom. The molecule has 1 aromatic rings. The summed E-state index contributed by atoms with van der Waals surface area (Å²) in [6.07, 6.45) is 2.71. The molecule has 0 spiro atoms. The SMILES string of the molecule is CC(C(=O)NCc1ccccc1F)N1CCN(CC2CCCO2)CC1. The maximum Gasteiger partial charge on any atom is 0.237 e. The van der Waals surface area contributed by atoms with Gasteiger partial charge in [0, 0.05) is 51.4 Å². The number of nitrogens with zero attached hydrogens (tertiary/aromatic N) is 2. The van der Waals surface area contributed by atoms with Crippen molar-refractivity contribution in [2.45, 2.75) is 38.5 Å². The standard InChI is InChI=1S/C19H28FN3O2/c1-15(19(24)21-13-16-5-2-3-7-18(16)20)23-10-8-22(9-11-23)14-17-6-4-12-25-17/h2-3,5,7,15,17H,4,6,8-14H2,1H3,(H,21,24). The summed E-state index contributed by atoms with van der Waals surface area (Å²) in [6.45, 7) is 7.73. The summed E-state index contributed by atoms with van der Waals surface area (Å²) in [5, 5.41) is 2.85. The van der Waals surface area contributed by atoms with E-state index in [4.69, 9.17) is 4.74 Å². The molecule has 138 valence electrons. The highest BCUT2D eigenvalue weighted by Gasteiger charge is 2.27. The van der Waals surface area contributed by atoms with Crippen LogP contribution >= 0.6 is 0 Å². The van der Waals surface area contributed by atoms with Gasteiger partial charge in [-0.1, -0.05) is 18.2 Å². The van der Waals surface area contributed by atoms with Gasteiger partial charge in [-0.2, -0.15) is 0 Å². The molecule has 0 radical (unpaired) electrons. The molecule has 2 aliphatic rings. The fourth-order valence-electron chi connectivity index (χ4n) is 3.55. The maximum atomic E-state index is 13.6. The van der Waals surface area contributed by atoms with E-state index in [1.165, 1.54) is 12.5 Å². The van der Waals surface area contributed by atoms with Crippen molar-refractivity contribution in [3.8, 4) is 0 Å². The minimum atomic E-state index is -0.279. The van der Waals surface area contributed by atoms with Crippen LogP contribution in [0.15, 0.2) is 24.3 Å². The Morgan fingerprint density at radius 1 is 1.32 bits per heavy atom. The van der Waals surface area contributed by atoms with Crippen LogP contribution in [0.2, 0.25) is 0 Å². The third-order valence-corrected chi connectivity index (χ3v) is 5.23. The Balaban J connectivity index is 1.41. The van der Waals surface area contributed by atoms with E-state index >= 15 is 0 Å². The molecule has 25 heavy (non-hydrogen) atoms. The van der Waals surface area contributed by atoms with Crippen molar-refractivity contribution in [2.24, 2.45) is 0 Å².